The molecule has 1 aromatic heterocycles. The fraction of sp³-hybridized carbons (Fsp3) is 0.778. The van der Waals surface area contributed by atoms with Crippen molar-refractivity contribution in [3.63, 3.8) is 0 Å². The quantitative estimate of drug-likeness (QED) is 0.916. The normalized spacial score (nSPS) is 33.6. The highest BCUT2D eigenvalue weighted by molar-refractivity contribution is 5.47. The summed E-state index contributed by atoms with van der Waals surface area (Å²) in [7, 11) is 2.14. The van der Waals surface area contributed by atoms with Gasteiger partial charge in [0.1, 0.15) is 18.2 Å². The van der Waals surface area contributed by atoms with Crippen LogP contribution in [0, 0.1) is 5.92 Å². The van der Waals surface area contributed by atoms with E-state index in [0.29, 0.717) is 6.61 Å². The Balaban J connectivity index is 1.37. The predicted molar refractivity (Wildman–Crippen MR) is 91.7 cm³/mol. The minimum absolute atomic E-state index is 0.102. The van der Waals surface area contributed by atoms with Crippen molar-refractivity contribution in [2.24, 2.45) is 5.92 Å². The second-order valence-corrected chi connectivity index (χ2v) is 7.66. The molecule has 2 fully saturated rings. The average Bonchev–Trinajstić information content (AvgIpc) is 2.99. The lowest BCUT2D eigenvalue weighted by atomic mass is 9.86. The minimum Gasteiger partial charge on any atom is -0.367 e. The van der Waals surface area contributed by atoms with Crippen molar-refractivity contribution >= 4 is 5.82 Å². The van der Waals surface area contributed by atoms with Crippen LogP contribution in [0.5, 0.6) is 0 Å². The van der Waals surface area contributed by atoms with Crippen LogP contribution in [0.25, 0.3) is 0 Å². The molecule has 0 aromatic carbocycles. The first-order chi connectivity index (χ1) is 11.6. The first kappa shape index (κ1) is 16.2. The zero-order chi connectivity index (χ0) is 16.6. The number of hydrogen-bond donors (Lipinski definition) is 1. The van der Waals surface area contributed by atoms with Gasteiger partial charge in [-0.05, 0) is 25.8 Å². The van der Waals surface area contributed by atoms with Gasteiger partial charge in [-0.25, -0.2) is 9.97 Å². The van der Waals surface area contributed by atoms with Gasteiger partial charge >= 0.3 is 0 Å². The molecule has 0 bridgehead atoms. The summed E-state index contributed by atoms with van der Waals surface area (Å²) < 4.78 is 12.3. The van der Waals surface area contributed by atoms with Gasteiger partial charge in [0.2, 0.25) is 0 Å². The summed E-state index contributed by atoms with van der Waals surface area (Å²) >= 11 is 0. The molecule has 3 aliphatic rings. The Morgan fingerprint density at radius 2 is 2.17 bits per heavy atom. The fourth-order valence-corrected chi connectivity index (χ4v) is 4.02. The van der Waals surface area contributed by atoms with Gasteiger partial charge in [0.15, 0.2) is 5.79 Å². The molecule has 0 radical (unpaired) electrons. The van der Waals surface area contributed by atoms with Crippen molar-refractivity contribution in [3.8, 4) is 0 Å². The second kappa shape index (κ2) is 6.58. The minimum atomic E-state index is -0.315. The van der Waals surface area contributed by atoms with Crippen LogP contribution in [-0.4, -0.2) is 53.5 Å². The molecule has 1 saturated carbocycles. The Morgan fingerprint density at radius 3 is 3.00 bits per heavy atom. The molecule has 4 rings (SSSR count). The molecule has 24 heavy (non-hydrogen) atoms. The Hall–Kier alpha value is -1.24. The van der Waals surface area contributed by atoms with Crippen LogP contribution in [0.1, 0.15) is 43.9 Å². The smallest absolute Gasteiger partial charge is 0.169 e. The zero-order valence-electron chi connectivity index (χ0n) is 14.8. The molecule has 0 amide bonds. The van der Waals surface area contributed by atoms with E-state index in [2.05, 4.69) is 34.2 Å². The van der Waals surface area contributed by atoms with E-state index in [1.165, 1.54) is 24.1 Å². The molecule has 1 N–H and O–H groups in total. The van der Waals surface area contributed by atoms with E-state index in [1.54, 1.807) is 6.33 Å². The predicted octanol–water partition coefficient (Wildman–Crippen LogP) is 2.20. The highest BCUT2D eigenvalue weighted by Crippen LogP contribution is 2.39. The first-order valence-electron chi connectivity index (χ1n) is 9.20. The van der Waals surface area contributed by atoms with E-state index in [-0.39, 0.29) is 11.9 Å². The van der Waals surface area contributed by atoms with E-state index in [1.807, 2.05) is 0 Å². The largest absolute Gasteiger partial charge is 0.367 e. The van der Waals surface area contributed by atoms with Crippen molar-refractivity contribution < 1.29 is 9.47 Å². The average molecular weight is 332 g/mol. The highest BCUT2D eigenvalue weighted by Gasteiger charge is 2.43. The van der Waals surface area contributed by atoms with E-state index in [4.69, 9.17) is 9.47 Å². The van der Waals surface area contributed by atoms with Gasteiger partial charge in [-0.3, -0.25) is 0 Å². The molecule has 1 saturated heterocycles. The van der Waals surface area contributed by atoms with Crippen molar-refractivity contribution in [3.05, 3.63) is 17.6 Å². The van der Waals surface area contributed by atoms with Crippen LogP contribution >= 0.6 is 0 Å². The molecular formula is C18H28N4O2. The summed E-state index contributed by atoms with van der Waals surface area (Å²) in [6.07, 6.45) is 7.22. The summed E-state index contributed by atoms with van der Waals surface area (Å²) in [4.78, 5) is 11.2. The molecule has 6 nitrogen and oxygen atoms in total. The van der Waals surface area contributed by atoms with Crippen molar-refractivity contribution in [2.75, 3.05) is 32.1 Å². The number of rotatable bonds is 3. The standard InChI is InChI=1S/C18H28N4O2/c1-13-3-6-18(7-4-13)23-11-14(24-18)9-19-17-15-10-22(2)8-5-16(15)20-12-21-17/h12-14H,3-11H2,1-2H3,(H,19,20,21). The number of aromatic nitrogens is 2. The van der Waals surface area contributed by atoms with Crippen LogP contribution in [-0.2, 0) is 22.4 Å². The Kier molecular flexibility index (Phi) is 4.45. The van der Waals surface area contributed by atoms with E-state index < -0.39 is 0 Å². The van der Waals surface area contributed by atoms with Crippen LogP contribution in [0.3, 0.4) is 0 Å². The van der Waals surface area contributed by atoms with Crippen molar-refractivity contribution in [1.82, 2.24) is 14.9 Å². The molecule has 1 aromatic rings. The molecule has 1 aliphatic carbocycles. The summed E-state index contributed by atoms with van der Waals surface area (Å²) in [5.41, 5.74) is 2.40. The maximum Gasteiger partial charge on any atom is 0.169 e. The first-order valence-corrected chi connectivity index (χ1v) is 9.20. The Bertz CT molecular complexity index is 586. The number of nitrogens with zero attached hydrogens (tertiary/aromatic N) is 3. The van der Waals surface area contributed by atoms with Crippen LogP contribution < -0.4 is 5.32 Å². The van der Waals surface area contributed by atoms with Crippen LogP contribution in [0.4, 0.5) is 5.82 Å². The van der Waals surface area contributed by atoms with Crippen LogP contribution in [0.15, 0.2) is 6.33 Å². The van der Waals surface area contributed by atoms with Gasteiger partial charge in [0.25, 0.3) is 0 Å². The van der Waals surface area contributed by atoms with Crippen molar-refractivity contribution in [2.45, 2.75) is 57.5 Å². The molecular weight excluding hydrogens is 304 g/mol. The molecule has 132 valence electrons. The van der Waals surface area contributed by atoms with Gasteiger partial charge in [-0.15, -0.1) is 0 Å². The van der Waals surface area contributed by atoms with Gasteiger partial charge in [-0.1, -0.05) is 6.92 Å². The lowest BCUT2D eigenvalue weighted by molar-refractivity contribution is -0.190. The molecule has 3 heterocycles. The number of likely N-dealkylation sites (N-methyl/N-ethyl adjacent to an activating group) is 1. The van der Waals surface area contributed by atoms with Gasteiger partial charge in [0.05, 0.1) is 12.3 Å². The molecule has 2 aliphatic heterocycles. The number of nitrogens with one attached hydrogen (secondary N) is 1. The molecule has 1 spiro atoms. The highest BCUT2D eigenvalue weighted by atomic mass is 16.7. The van der Waals surface area contributed by atoms with E-state index in [0.717, 1.165) is 50.6 Å². The summed E-state index contributed by atoms with van der Waals surface area (Å²) in [6, 6.07) is 0. The lowest BCUT2D eigenvalue weighted by Crippen LogP contribution is -2.36. The maximum absolute atomic E-state index is 6.29. The summed E-state index contributed by atoms with van der Waals surface area (Å²) in [5, 5.41) is 3.48. The number of hydrogen-bond acceptors (Lipinski definition) is 6. The fourth-order valence-electron chi connectivity index (χ4n) is 4.02. The third-order valence-electron chi connectivity index (χ3n) is 5.64. The van der Waals surface area contributed by atoms with E-state index in [9.17, 15) is 0 Å². The number of fused-ring (bicyclic) bond motifs is 1. The van der Waals surface area contributed by atoms with Crippen LogP contribution in [0.2, 0.25) is 0 Å². The van der Waals surface area contributed by atoms with Gasteiger partial charge in [-0.2, -0.15) is 0 Å². The Labute approximate surface area is 143 Å². The second-order valence-electron chi connectivity index (χ2n) is 7.66. The number of ether oxygens (including phenoxy) is 2. The zero-order valence-corrected chi connectivity index (χ0v) is 14.8. The molecule has 6 heteroatoms. The Morgan fingerprint density at radius 1 is 1.33 bits per heavy atom. The lowest BCUT2D eigenvalue weighted by Gasteiger charge is -2.34. The number of anilines is 1. The third kappa shape index (κ3) is 3.27. The monoisotopic (exact) mass is 332 g/mol. The van der Waals surface area contributed by atoms with Gasteiger partial charge < -0.3 is 19.7 Å². The van der Waals surface area contributed by atoms with E-state index >= 15 is 0 Å². The SMILES string of the molecule is CC1CCC2(CC1)OCC(CNc1ncnc3c1CN(C)CC3)O2. The summed E-state index contributed by atoms with van der Waals surface area (Å²) in [5.74, 6) is 1.43. The third-order valence-corrected chi connectivity index (χ3v) is 5.64. The maximum atomic E-state index is 6.29. The van der Waals surface area contributed by atoms with Crippen molar-refractivity contribution in [1.29, 1.82) is 0 Å². The molecule has 1 atom stereocenters. The van der Waals surface area contributed by atoms with Gasteiger partial charge in [0, 0.05) is 44.5 Å². The molecule has 1 unspecified atom stereocenters. The summed E-state index contributed by atoms with van der Waals surface area (Å²) in [6.45, 7) is 5.70. The topological polar surface area (TPSA) is 59.5 Å².